The minimum Gasteiger partial charge on any atom is -0.342 e. The van der Waals surface area contributed by atoms with Crippen LogP contribution in [0.15, 0.2) is 29.1 Å². The molecule has 0 radical (unpaired) electrons. The molecule has 2 rings (SSSR count). The first kappa shape index (κ1) is 15.7. The molecule has 116 valence electrons. The molecule has 2 N–H and O–H groups in total. The van der Waals surface area contributed by atoms with E-state index in [1.807, 2.05) is 13.8 Å². The lowest BCUT2D eigenvalue weighted by Gasteiger charge is -2.17. The molecule has 0 atom stereocenters. The van der Waals surface area contributed by atoms with E-state index in [1.165, 1.54) is 4.90 Å². The molecule has 0 saturated carbocycles. The van der Waals surface area contributed by atoms with Crippen molar-refractivity contribution >= 4 is 22.6 Å². The van der Waals surface area contributed by atoms with Crippen LogP contribution in [-0.4, -0.2) is 40.0 Å². The standard InChI is InChI=1S/C15H18N4O3/c1-3-19(4-2)15(22)14(21)16-9-12-10-7-5-6-8-11(10)13(20)18-17-12/h5-8H,3-4,9H2,1-2H3,(H,16,21)(H,18,20). The monoisotopic (exact) mass is 302 g/mol. The van der Waals surface area contributed by atoms with Gasteiger partial charge in [-0.1, -0.05) is 18.2 Å². The number of fused-ring (bicyclic) bond motifs is 1. The molecule has 22 heavy (non-hydrogen) atoms. The molecule has 0 aliphatic carbocycles. The second-order valence-electron chi connectivity index (χ2n) is 4.71. The van der Waals surface area contributed by atoms with Crippen molar-refractivity contribution in [3.05, 3.63) is 40.3 Å². The number of aromatic amines is 1. The topological polar surface area (TPSA) is 95.2 Å². The zero-order valence-electron chi connectivity index (χ0n) is 12.5. The lowest BCUT2D eigenvalue weighted by Crippen LogP contribution is -2.42. The van der Waals surface area contributed by atoms with Crippen molar-refractivity contribution in [1.29, 1.82) is 0 Å². The number of aromatic nitrogens is 2. The molecule has 0 bridgehead atoms. The highest BCUT2D eigenvalue weighted by Gasteiger charge is 2.19. The number of carbonyl (C=O) groups excluding carboxylic acids is 2. The number of nitrogens with one attached hydrogen (secondary N) is 2. The third-order valence-corrected chi connectivity index (χ3v) is 3.44. The van der Waals surface area contributed by atoms with E-state index < -0.39 is 11.8 Å². The SMILES string of the molecule is CCN(CC)C(=O)C(=O)NCc1n[nH]c(=O)c2ccccc12. The van der Waals surface area contributed by atoms with Crippen LogP contribution >= 0.6 is 0 Å². The van der Waals surface area contributed by atoms with Crippen LogP contribution in [0.5, 0.6) is 0 Å². The minimum absolute atomic E-state index is 0.0726. The van der Waals surface area contributed by atoms with Crippen LogP contribution < -0.4 is 10.9 Å². The highest BCUT2D eigenvalue weighted by atomic mass is 16.2. The minimum atomic E-state index is -0.680. The van der Waals surface area contributed by atoms with Crippen molar-refractivity contribution in [2.24, 2.45) is 0 Å². The quantitative estimate of drug-likeness (QED) is 0.800. The Morgan fingerprint density at radius 2 is 1.82 bits per heavy atom. The van der Waals surface area contributed by atoms with Crippen LogP contribution in [0.4, 0.5) is 0 Å². The molecule has 7 nitrogen and oxygen atoms in total. The summed E-state index contributed by atoms with van der Waals surface area (Å²) < 4.78 is 0. The Balaban J connectivity index is 2.16. The summed E-state index contributed by atoms with van der Waals surface area (Å²) in [5.74, 6) is -1.25. The number of carbonyl (C=O) groups is 2. The van der Waals surface area contributed by atoms with Gasteiger partial charge < -0.3 is 10.2 Å². The third kappa shape index (κ3) is 3.13. The van der Waals surface area contributed by atoms with E-state index in [0.717, 1.165) is 0 Å². The van der Waals surface area contributed by atoms with Gasteiger partial charge in [0.1, 0.15) is 0 Å². The van der Waals surface area contributed by atoms with E-state index in [4.69, 9.17) is 0 Å². The smallest absolute Gasteiger partial charge is 0.311 e. The molecule has 0 spiro atoms. The zero-order chi connectivity index (χ0) is 16.1. The fourth-order valence-corrected chi connectivity index (χ4v) is 2.20. The molecule has 2 aromatic rings. The Hall–Kier alpha value is -2.70. The van der Waals surface area contributed by atoms with Crippen LogP contribution in [0, 0.1) is 0 Å². The number of hydrogen-bond acceptors (Lipinski definition) is 4. The lowest BCUT2D eigenvalue weighted by molar-refractivity contribution is -0.145. The Morgan fingerprint density at radius 3 is 2.45 bits per heavy atom. The van der Waals surface area contributed by atoms with Crippen molar-refractivity contribution in [3.63, 3.8) is 0 Å². The first-order valence-electron chi connectivity index (χ1n) is 7.11. The number of likely N-dealkylation sites (N-methyl/N-ethyl adjacent to an activating group) is 1. The highest BCUT2D eigenvalue weighted by Crippen LogP contribution is 2.11. The molecule has 7 heteroatoms. The van der Waals surface area contributed by atoms with Crippen LogP contribution in [0.25, 0.3) is 10.8 Å². The van der Waals surface area contributed by atoms with Crippen molar-refractivity contribution in [2.75, 3.05) is 13.1 Å². The van der Waals surface area contributed by atoms with Crippen LogP contribution in [0.2, 0.25) is 0 Å². The van der Waals surface area contributed by atoms with Gasteiger partial charge in [0.2, 0.25) is 0 Å². The van der Waals surface area contributed by atoms with E-state index in [9.17, 15) is 14.4 Å². The van der Waals surface area contributed by atoms with Gasteiger partial charge in [-0.15, -0.1) is 0 Å². The normalized spacial score (nSPS) is 10.5. The molecule has 0 aliphatic heterocycles. The maximum absolute atomic E-state index is 11.9. The number of H-pyrrole nitrogens is 1. The van der Waals surface area contributed by atoms with Gasteiger partial charge in [-0.3, -0.25) is 14.4 Å². The molecular weight excluding hydrogens is 284 g/mol. The van der Waals surface area contributed by atoms with Crippen molar-refractivity contribution in [2.45, 2.75) is 20.4 Å². The summed E-state index contributed by atoms with van der Waals surface area (Å²) in [5.41, 5.74) is 0.223. The largest absolute Gasteiger partial charge is 0.342 e. The Bertz CT molecular complexity index is 750. The Morgan fingerprint density at radius 1 is 1.18 bits per heavy atom. The zero-order valence-corrected chi connectivity index (χ0v) is 12.5. The fraction of sp³-hybridized carbons (Fsp3) is 0.333. The van der Waals surface area contributed by atoms with Gasteiger partial charge in [0.05, 0.1) is 17.6 Å². The van der Waals surface area contributed by atoms with E-state index in [1.54, 1.807) is 24.3 Å². The number of benzene rings is 1. The Labute approximate surface area is 127 Å². The van der Waals surface area contributed by atoms with Gasteiger partial charge in [0.25, 0.3) is 5.56 Å². The van der Waals surface area contributed by atoms with Gasteiger partial charge >= 0.3 is 11.8 Å². The fourth-order valence-electron chi connectivity index (χ4n) is 2.20. The average Bonchev–Trinajstić information content (AvgIpc) is 2.55. The lowest BCUT2D eigenvalue weighted by atomic mass is 10.1. The van der Waals surface area contributed by atoms with Crippen molar-refractivity contribution in [1.82, 2.24) is 20.4 Å². The highest BCUT2D eigenvalue weighted by molar-refractivity contribution is 6.34. The second-order valence-corrected chi connectivity index (χ2v) is 4.71. The van der Waals surface area contributed by atoms with Gasteiger partial charge in [-0.25, -0.2) is 5.10 Å². The van der Waals surface area contributed by atoms with Crippen LogP contribution in [0.3, 0.4) is 0 Å². The van der Waals surface area contributed by atoms with Crippen LogP contribution in [0.1, 0.15) is 19.5 Å². The molecule has 1 heterocycles. The predicted molar refractivity (Wildman–Crippen MR) is 82.1 cm³/mol. The van der Waals surface area contributed by atoms with Gasteiger partial charge in [0.15, 0.2) is 0 Å². The number of nitrogens with zero attached hydrogens (tertiary/aromatic N) is 2. The van der Waals surface area contributed by atoms with E-state index in [-0.39, 0.29) is 12.1 Å². The maximum atomic E-state index is 11.9. The van der Waals surface area contributed by atoms with Gasteiger partial charge in [0, 0.05) is 18.5 Å². The van der Waals surface area contributed by atoms with Crippen molar-refractivity contribution < 1.29 is 9.59 Å². The molecule has 0 unspecified atom stereocenters. The van der Waals surface area contributed by atoms with Crippen molar-refractivity contribution in [3.8, 4) is 0 Å². The summed E-state index contributed by atoms with van der Waals surface area (Å²) in [5, 5.41) is 10.0. The molecule has 0 saturated heterocycles. The first-order valence-corrected chi connectivity index (χ1v) is 7.11. The summed E-state index contributed by atoms with van der Waals surface area (Å²) in [6.45, 7) is 4.64. The summed E-state index contributed by atoms with van der Waals surface area (Å²) in [6, 6.07) is 6.98. The number of amides is 2. The van der Waals surface area contributed by atoms with Gasteiger partial charge in [-0.05, 0) is 19.9 Å². The average molecular weight is 302 g/mol. The maximum Gasteiger partial charge on any atom is 0.311 e. The molecular formula is C15H18N4O3. The summed E-state index contributed by atoms with van der Waals surface area (Å²) in [4.78, 5) is 36.9. The predicted octanol–water partition coefficient (Wildman–Crippen LogP) is 0.408. The van der Waals surface area contributed by atoms with Gasteiger partial charge in [-0.2, -0.15) is 5.10 Å². The molecule has 0 fully saturated rings. The van der Waals surface area contributed by atoms with E-state index >= 15 is 0 Å². The summed E-state index contributed by atoms with van der Waals surface area (Å²) >= 11 is 0. The summed E-state index contributed by atoms with van der Waals surface area (Å²) in [6.07, 6.45) is 0. The second kappa shape index (κ2) is 6.84. The van der Waals surface area contributed by atoms with E-state index in [2.05, 4.69) is 15.5 Å². The Kier molecular flexibility index (Phi) is 4.88. The molecule has 0 aliphatic rings. The summed E-state index contributed by atoms with van der Waals surface area (Å²) in [7, 11) is 0. The molecule has 1 aromatic carbocycles. The third-order valence-electron chi connectivity index (χ3n) is 3.44. The number of rotatable bonds is 4. The number of hydrogen-bond donors (Lipinski definition) is 2. The van der Waals surface area contributed by atoms with Crippen LogP contribution in [-0.2, 0) is 16.1 Å². The van der Waals surface area contributed by atoms with E-state index in [0.29, 0.717) is 29.6 Å². The molecule has 2 amide bonds. The molecule has 1 aromatic heterocycles. The first-order chi connectivity index (χ1) is 10.6.